The van der Waals surface area contributed by atoms with Gasteiger partial charge in [-0.15, -0.1) is 0 Å². The van der Waals surface area contributed by atoms with E-state index in [2.05, 4.69) is 0 Å². The van der Waals surface area contributed by atoms with Gasteiger partial charge in [0.15, 0.2) is 12.4 Å². The zero-order valence-corrected chi connectivity index (χ0v) is 14.8. The second-order valence-electron chi connectivity index (χ2n) is 5.90. The SMILES string of the molecule is COC[C@@H](C)n1c(C)cc(C(=O)COc2ccccc2[N+](=O)[O-])c1C. The number of methoxy groups -OCH3 is 1. The third-order valence-electron chi connectivity index (χ3n) is 4.05. The molecule has 1 atom stereocenters. The summed E-state index contributed by atoms with van der Waals surface area (Å²) in [5, 5.41) is 11.0. The van der Waals surface area contributed by atoms with Crippen LogP contribution < -0.4 is 4.74 Å². The van der Waals surface area contributed by atoms with Gasteiger partial charge in [-0.25, -0.2) is 0 Å². The largest absolute Gasteiger partial charge is 0.478 e. The molecule has 0 aliphatic heterocycles. The summed E-state index contributed by atoms with van der Waals surface area (Å²) in [6.07, 6.45) is 0. The van der Waals surface area contributed by atoms with Gasteiger partial charge in [0.05, 0.1) is 17.6 Å². The van der Waals surface area contributed by atoms with Crippen molar-refractivity contribution in [2.75, 3.05) is 20.3 Å². The van der Waals surface area contributed by atoms with Crippen LogP contribution in [0.4, 0.5) is 5.69 Å². The van der Waals surface area contributed by atoms with Crippen LogP contribution >= 0.6 is 0 Å². The number of para-hydroxylation sites is 2. The Morgan fingerprint density at radius 1 is 1.32 bits per heavy atom. The van der Waals surface area contributed by atoms with E-state index < -0.39 is 4.92 Å². The lowest BCUT2D eigenvalue weighted by Crippen LogP contribution is -2.16. The van der Waals surface area contributed by atoms with Gasteiger partial charge in [-0.2, -0.15) is 0 Å². The first kappa shape index (κ1) is 18.7. The van der Waals surface area contributed by atoms with Gasteiger partial charge in [0, 0.05) is 30.1 Å². The van der Waals surface area contributed by atoms with Crippen LogP contribution in [0.1, 0.15) is 34.7 Å². The molecule has 2 rings (SSSR count). The fourth-order valence-corrected chi connectivity index (χ4v) is 3.00. The summed E-state index contributed by atoms with van der Waals surface area (Å²) < 4.78 is 12.6. The molecule has 0 fully saturated rings. The van der Waals surface area contributed by atoms with Crippen LogP contribution in [-0.2, 0) is 4.74 Å². The molecule has 0 saturated heterocycles. The van der Waals surface area contributed by atoms with Crippen molar-refractivity contribution in [3.8, 4) is 5.75 Å². The Balaban J connectivity index is 2.17. The number of ether oxygens (including phenoxy) is 2. The van der Waals surface area contributed by atoms with Gasteiger partial charge in [-0.1, -0.05) is 12.1 Å². The van der Waals surface area contributed by atoms with Crippen molar-refractivity contribution in [3.63, 3.8) is 0 Å². The highest BCUT2D eigenvalue weighted by Gasteiger charge is 2.20. The van der Waals surface area contributed by atoms with Crippen LogP contribution in [0.5, 0.6) is 5.75 Å². The first-order chi connectivity index (χ1) is 11.9. The van der Waals surface area contributed by atoms with Gasteiger partial charge in [0.1, 0.15) is 0 Å². The maximum absolute atomic E-state index is 12.5. The molecule has 2 aromatic rings. The Morgan fingerprint density at radius 3 is 2.64 bits per heavy atom. The number of nitrogens with zero attached hydrogens (tertiary/aromatic N) is 2. The van der Waals surface area contributed by atoms with Gasteiger partial charge < -0.3 is 14.0 Å². The monoisotopic (exact) mass is 346 g/mol. The minimum absolute atomic E-state index is 0.0856. The van der Waals surface area contributed by atoms with Crippen molar-refractivity contribution >= 4 is 11.5 Å². The van der Waals surface area contributed by atoms with E-state index in [4.69, 9.17) is 9.47 Å². The van der Waals surface area contributed by atoms with Crippen molar-refractivity contribution < 1.29 is 19.2 Å². The van der Waals surface area contributed by atoms with Crippen LogP contribution in [0.3, 0.4) is 0 Å². The van der Waals surface area contributed by atoms with Crippen molar-refractivity contribution in [2.45, 2.75) is 26.8 Å². The molecule has 7 heteroatoms. The van der Waals surface area contributed by atoms with Crippen LogP contribution in [0.15, 0.2) is 30.3 Å². The van der Waals surface area contributed by atoms with Crippen molar-refractivity contribution in [1.82, 2.24) is 4.57 Å². The number of hydrogen-bond acceptors (Lipinski definition) is 5. The first-order valence-corrected chi connectivity index (χ1v) is 7.93. The van der Waals surface area contributed by atoms with E-state index in [1.165, 1.54) is 12.1 Å². The average Bonchev–Trinajstić information content (AvgIpc) is 2.87. The molecule has 1 aromatic heterocycles. The van der Waals surface area contributed by atoms with Crippen molar-refractivity contribution in [1.29, 1.82) is 0 Å². The molecule has 0 radical (unpaired) electrons. The van der Waals surface area contributed by atoms with Crippen LogP contribution in [0.2, 0.25) is 0 Å². The Hall–Kier alpha value is -2.67. The third-order valence-corrected chi connectivity index (χ3v) is 4.05. The first-order valence-electron chi connectivity index (χ1n) is 7.93. The lowest BCUT2D eigenvalue weighted by molar-refractivity contribution is -0.385. The van der Waals surface area contributed by atoms with Gasteiger partial charge in [0.2, 0.25) is 5.78 Å². The van der Waals surface area contributed by atoms with E-state index in [1.54, 1.807) is 19.2 Å². The lowest BCUT2D eigenvalue weighted by atomic mass is 10.1. The molecule has 0 aliphatic carbocycles. The number of nitro benzene ring substituents is 1. The topological polar surface area (TPSA) is 83.6 Å². The fraction of sp³-hybridized carbons (Fsp3) is 0.389. The van der Waals surface area contributed by atoms with Crippen LogP contribution in [0.25, 0.3) is 0 Å². The second kappa shape index (κ2) is 7.94. The fourth-order valence-electron chi connectivity index (χ4n) is 3.00. The number of carbonyl (C=O) groups is 1. The van der Waals surface area contributed by atoms with E-state index in [1.807, 2.05) is 31.4 Å². The molecule has 7 nitrogen and oxygen atoms in total. The molecular weight excluding hydrogens is 324 g/mol. The second-order valence-corrected chi connectivity index (χ2v) is 5.90. The standard InChI is InChI=1S/C18H22N2O5/c1-12-9-15(14(3)19(12)13(2)10-24-4)17(21)11-25-18-8-6-5-7-16(18)20(22)23/h5-9,13H,10-11H2,1-4H3/t13-/m1/s1. The van der Waals surface area contributed by atoms with Gasteiger partial charge in [-0.3, -0.25) is 14.9 Å². The molecule has 0 aliphatic rings. The lowest BCUT2D eigenvalue weighted by Gasteiger charge is -2.17. The highest BCUT2D eigenvalue weighted by molar-refractivity contribution is 5.98. The number of Topliss-reactive ketones (excluding diaryl/α,β-unsaturated/α-hetero) is 1. The van der Waals surface area contributed by atoms with E-state index in [0.717, 1.165) is 11.4 Å². The number of aromatic nitrogens is 1. The van der Waals surface area contributed by atoms with Gasteiger partial charge in [-0.05, 0) is 32.9 Å². The van der Waals surface area contributed by atoms with Crippen molar-refractivity contribution in [2.24, 2.45) is 0 Å². The predicted octanol–water partition coefficient (Wildman–Crippen LogP) is 3.48. The molecule has 1 heterocycles. The van der Waals surface area contributed by atoms with Gasteiger partial charge in [0.25, 0.3) is 0 Å². The number of benzene rings is 1. The number of hydrogen-bond donors (Lipinski definition) is 0. The summed E-state index contributed by atoms with van der Waals surface area (Å²) >= 11 is 0. The van der Waals surface area contributed by atoms with Gasteiger partial charge >= 0.3 is 5.69 Å². The molecule has 134 valence electrons. The zero-order valence-electron chi connectivity index (χ0n) is 14.8. The van der Waals surface area contributed by atoms with E-state index >= 15 is 0 Å². The van der Waals surface area contributed by atoms with E-state index in [0.29, 0.717) is 12.2 Å². The number of aryl methyl sites for hydroxylation is 1. The summed E-state index contributed by atoms with van der Waals surface area (Å²) in [4.78, 5) is 23.0. The molecule has 25 heavy (non-hydrogen) atoms. The van der Waals surface area contributed by atoms with Crippen molar-refractivity contribution in [3.05, 3.63) is 57.4 Å². The van der Waals surface area contributed by atoms with Crippen LogP contribution in [0, 0.1) is 24.0 Å². The molecule has 0 bridgehead atoms. The van der Waals surface area contributed by atoms with Crippen LogP contribution in [-0.4, -0.2) is 35.6 Å². The Bertz CT molecular complexity index is 782. The average molecular weight is 346 g/mol. The number of carbonyl (C=O) groups excluding carboxylic acids is 1. The highest BCUT2D eigenvalue weighted by Crippen LogP contribution is 2.26. The minimum atomic E-state index is -0.530. The maximum Gasteiger partial charge on any atom is 0.310 e. The Kier molecular flexibility index (Phi) is 5.93. The Morgan fingerprint density at radius 2 is 2.00 bits per heavy atom. The quantitative estimate of drug-likeness (QED) is 0.415. The molecular formula is C18H22N2O5. The van der Waals surface area contributed by atoms with E-state index in [9.17, 15) is 14.9 Å². The Labute approximate surface area is 146 Å². The highest BCUT2D eigenvalue weighted by atomic mass is 16.6. The molecule has 0 unspecified atom stereocenters. The minimum Gasteiger partial charge on any atom is -0.478 e. The van der Waals surface area contributed by atoms with E-state index in [-0.39, 0.29) is 29.9 Å². The maximum atomic E-state index is 12.5. The predicted molar refractivity (Wildman–Crippen MR) is 93.4 cm³/mol. The molecule has 0 N–H and O–H groups in total. The number of rotatable bonds is 8. The molecule has 1 aromatic carbocycles. The normalized spacial score (nSPS) is 12.0. The molecule has 0 amide bonds. The smallest absolute Gasteiger partial charge is 0.310 e. The number of ketones is 1. The zero-order chi connectivity index (χ0) is 18.6. The molecule has 0 spiro atoms. The molecule has 0 saturated carbocycles. The summed E-state index contributed by atoms with van der Waals surface area (Å²) in [5.41, 5.74) is 2.18. The summed E-state index contributed by atoms with van der Waals surface area (Å²) in [6, 6.07) is 7.92. The number of nitro groups is 1. The summed E-state index contributed by atoms with van der Waals surface area (Å²) in [5.74, 6) is -0.135. The third kappa shape index (κ3) is 4.06. The summed E-state index contributed by atoms with van der Waals surface area (Å²) in [7, 11) is 1.64. The summed E-state index contributed by atoms with van der Waals surface area (Å²) in [6.45, 7) is 6.10.